The van der Waals surface area contributed by atoms with E-state index in [2.05, 4.69) is 0 Å². The van der Waals surface area contributed by atoms with Gasteiger partial charge in [0, 0.05) is 10.6 Å². The Morgan fingerprint density at radius 2 is 1.67 bits per heavy atom. The largest absolute Gasteiger partial charge is 0.425 e. The molecule has 1 unspecified atom stereocenters. The number of nitrogens with two attached hydrogens (primary N) is 1. The maximum atomic E-state index is 14.1. The second-order valence-electron chi connectivity index (χ2n) is 4.34. The molecule has 2 aromatic rings. The van der Waals surface area contributed by atoms with Gasteiger partial charge in [0.2, 0.25) is 0 Å². The highest BCUT2D eigenvalue weighted by molar-refractivity contribution is 6.30. The molecule has 21 heavy (non-hydrogen) atoms. The summed E-state index contributed by atoms with van der Waals surface area (Å²) in [5.41, 5.74) is 5.01. The molecule has 0 aliphatic heterocycles. The van der Waals surface area contributed by atoms with E-state index < -0.39 is 17.9 Å². The maximum absolute atomic E-state index is 14.1. The zero-order valence-electron chi connectivity index (χ0n) is 10.8. The number of hydrogen-bond donors (Lipinski definition) is 1. The highest BCUT2D eigenvalue weighted by Gasteiger charge is 2.44. The van der Waals surface area contributed by atoms with E-state index in [0.29, 0.717) is 5.02 Å². The number of rotatable bonds is 4. The minimum Gasteiger partial charge on any atom is -0.425 e. The molecule has 0 heterocycles. The molecular weight excluding hydrogens is 300 g/mol. The molecule has 0 saturated carbocycles. The van der Waals surface area contributed by atoms with Crippen molar-refractivity contribution in [2.75, 3.05) is 0 Å². The molecule has 0 aliphatic rings. The quantitative estimate of drug-likeness (QED) is 0.696. The average Bonchev–Trinajstić information content (AvgIpc) is 2.49. The summed E-state index contributed by atoms with van der Waals surface area (Å²) in [6.07, 6.45) is 0. The van der Waals surface area contributed by atoms with E-state index in [1.54, 1.807) is 6.07 Å². The van der Waals surface area contributed by atoms with Gasteiger partial charge in [0.05, 0.1) is 0 Å². The number of hydrogen-bond acceptors (Lipinski definition) is 3. The van der Waals surface area contributed by atoms with E-state index >= 15 is 0 Å². The van der Waals surface area contributed by atoms with Crippen molar-refractivity contribution in [3.63, 3.8) is 0 Å². The molecule has 0 spiro atoms. The highest BCUT2D eigenvalue weighted by Crippen LogP contribution is 2.31. The van der Waals surface area contributed by atoms with Crippen LogP contribution in [-0.2, 0) is 10.7 Å². The summed E-state index contributed by atoms with van der Waals surface area (Å²) in [5.74, 6) is -4.64. The molecule has 0 aromatic heterocycles. The summed E-state index contributed by atoms with van der Waals surface area (Å²) < 4.78 is 33.1. The fourth-order valence-corrected chi connectivity index (χ4v) is 1.80. The molecule has 0 fully saturated rings. The summed E-state index contributed by atoms with van der Waals surface area (Å²) in [5, 5.41) is 0.439. The van der Waals surface area contributed by atoms with Gasteiger partial charge in [0.25, 0.3) is 5.92 Å². The Balaban J connectivity index is 2.13. The second-order valence-corrected chi connectivity index (χ2v) is 4.78. The average molecular weight is 312 g/mol. The van der Waals surface area contributed by atoms with Crippen LogP contribution in [0.4, 0.5) is 8.78 Å². The normalized spacial score (nSPS) is 12.8. The van der Waals surface area contributed by atoms with Crippen molar-refractivity contribution in [1.82, 2.24) is 0 Å². The number of halogens is 3. The molecule has 2 aromatic carbocycles. The predicted molar refractivity (Wildman–Crippen MR) is 75.4 cm³/mol. The molecule has 110 valence electrons. The minimum atomic E-state index is -3.52. The van der Waals surface area contributed by atoms with Crippen LogP contribution >= 0.6 is 11.6 Å². The Morgan fingerprint density at radius 1 is 1.10 bits per heavy atom. The lowest BCUT2D eigenvalue weighted by Crippen LogP contribution is -2.47. The van der Waals surface area contributed by atoms with E-state index in [9.17, 15) is 13.6 Å². The highest BCUT2D eigenvalue weighted by atomic mass is 35.5. The van der Waals surface area contributed by atoms with E-state index in [1.165, 1.54) is 48.5 Å². The van der Waals surface area contributed by atoms with Crippen LogP contribution < -0.4 is 10.5 Å². The first-order valence-electron chi connectivity index (χ1n) is 6.07. The third kappa shape index (κ3) is 3.56. The van der Waals surface area contributed by atoms with Crippen LogP contribution in [0, 0.1) is 0 Å². The van der Waals surface area contributed by atoms with Gasteiger partial charge in [0.15, 0.2) is 6.04 Å². The summed E-state index contributed by atoms with van der Waals surface area (Å²) in [4.78, 5) is 11.8. The van der Waals surface area contributed by atoms with Crippen molar-refractivity contribution in [2.45, 2.75) is 12.0 Å². The van der Waals surface area contributed by atoms with Crippen molar-refractivity contribution in [1.29, 1.82) is 0 Å². The van der Waals surface area contributed by atoms with Crippen LogP contribution in [0.1, 0.15) is 5.56 Å². The van der Waals surface area contributed by atoms with Gasteiger partial charge in [-0.25, -0.2) is 4.79 Å². The van der Waals surface area contributed by atoms with Gasteiger partial charge >= 0.3 is 5.97 Å². The first-order chi connectivity index (χ1) is 9.91. The van der Waals surface area contributed by atoms with Gasteiger partial charge in [-0.05, 0) is 24.3 Å². The van der Waals surface area contributed by atoms with Crippen LogP contribution in [0.15, 0.2) is 54.6 Å². The predicted octanol–water partition coefficient (Wildman–Crippen LogP) is 3.36. The molecule has 6 heteroatoms. The van der Waals surface area contributed by atoms with Crippen LogP contribution in [0.2, 0.25) is 5.02 Å². The Hall–Kier alpha value is -1.98. The topological polar surface area (TPSA) is 52.3 Å². The standard InChI is InChI=1S/C15H12ClF2NO2/c16-11-6-8-12(9-7-11)21-14(20)13(19)15(17,18)10-4-2-1-3-5-10/h1-9,13H,19H2. The lowest BCUT2D eigenvalue weighted by Gasteiger charge is -2.22. The fourth-order valence-electron chi connectivity index (χ4n) is 1.67. The lowest BCUT2D eigenvalue weighted by atomic mass is 10.0. The minimum absolute atomic E-state index is 0.101. The first kappa shape index (κ1) is 15.4. The van der Waals surface area contributed by atoms with Gasteiger partial charge in [0.1, 0.15) is 5.75 Å². The molecule has 1 atom stereocenters. The molecule has 0 radical (unpaired) electrons. The van der Waals surface area contributed by atoms with Crippen molar-refractivity contribution in [2.24, 2.45) is 5.73 Å². The number of carbonyl (C=O) groups excluding carboxylic acids is 1. The lowest BCUT2D eigenvalue weighted by molar-refractivity contribution is -0.146. The number of carbonyl (C=O) groups is 1. The zero-order chi connectivity index (χ0) is 15.5. The zero-order valence-corrected chi connectivity index (χ0v) is 11.6. The van der Waals surface area contributed by atoms with Crippen LogP contribution in [-0.4, -0.2) is 12.0 Å². The fraction of sp³-hybridized carbons (Fsp3) is 0.133. The molecular formula is C15H12ClF2NO2. The van der Waals surface area contributed by atoms with Gasteiger partial charge in [-0.1, -0.05) is 41.9 Å². The van der Waals surface area contributed by atoms with Crippen molar-refractivity contribution in [3.8, 4) is 5.75 Å². The number of benzene rings is 2. The maximum Gasteiger partial charge on any atom is 0.335 e. The Kier molecular flexibility index (Phi) is 4.55. The van der Waals surface area contributed by atoms with Crippen LogP contribution in [0.3, 0.4) is 0 Å². The van der Waals surface area contributed by atoms with E-state index in [-0.39, 0.29) is 11.3 Å². The van der Waals surface area contributed by atoms with Crippen molar-refractivity contribution >= 4 is 17.6 Å². The van der Waals surface area contributed by atoms with Gasteiger partial charge in [-0.15, -0.1) is 0 Å². The van der Waals surface area contributed by atoms with Crippen LogP contribution in [0.5, 0.6) is 5.75 Å². The van der Waals surface area contributed by atoms with Crippen molar-refractivity contribution < 1.29 is 18.3 Å². The third-order valence-electron chi connectivity index (χ3n) is 2.84. The molecule has 0 amide bonds. The summed E-state index contributed by atoms with van der Waals surface area (Å²) in [7, 11) is 0. The number of esters is 1. The van der Waals surface area contributed by atoms with Crippen molar-refractivity contribution in [3.05, 3.63) is 65.2 Å². The van der Waals surface area contributed by atoms with E-state index in [4.69, 9.17) is 22.1 Å². The van der Waals surface area contributed by atoms with Gasteiger partial charge < -0.3 is 10.5 Å². The number of ether oxygens (including phenoxy) is 1. The summed E-state index contributed by atoms with van der Waals surface area (Å²) >= 11 is 5.68. The Labute approximate surface area is 125 Å². The second kappa shape index (κ2) is 6.20. The van der Waals surface area contributed by atoms with Gasteiger partial charge in [-0.2, -0.15) is 8.78 Å². The van der Waals surface area contributed by atoms with Gasteiger partial charge in [-0.3, -0.25) is 0 Å². The first-order valence-corrected chi connectivity index (χ1v) is 6.45. The molecule has 2 N–H and O–H groups in total. The molecule has 0 aliphatic carbocycles. The monoisotopic (exact) mass is 311 g/mol. The smallest absolute Gasteiger partial charge is 0.335 e. The Morgan fingerprint density at radius 3 is 2.24 bits per heavy atom. The molecule has 0 bridgehead atoms. The van der Waals surface area contributed by atoms with E-state index in [0.717, 1.165) is 0 Å². The molecule has 3 nitrogen and oxygen atoms in total. The molecule has 0 saturated heterocycles. The number of alkyl halides is 2. The third-order valence-corrected chi connectivity index (χ3v) is 3.09. The van der Waals surface area contributed by atoms with E-state index in [1.807, 2.05) is 0 Å². The van der Waals surface area contributed by atoms with Crippen LogP contribution in [0.25, 0.3) is 0 Å². The Bertz CT molecular complexity index is 617. The summed E-state index contributed by atoms with van der Waals surface area (Å²) in [6.45, 7) is 0. The summed E-state index contributed by atoms with van der Waals surface area (Å²) in [6, 6.07) is 10.5. The SMILES string of the molecule is NC(C(=O)Oc1ccc(Cl)cc1)C(F)(F)c1ccccc1. The molecule has 2 rings (SSSR count).